The second kappa shape index (κ2) is 12.6. The van der Waals surface area contributed by atoms with Gasteiger partial charge in [-0.15, -0.1) is 6.58 Å². The van der Waals surface area contributed by atoms with Crippen LogP contribution in [-0.2, 0) is 14.2 Å². The molecule has 0 N–H and O–H groups in total. The van der Waals surface area contributed by atoms with Gasteiger partial charge in [0.05, 0.1) is 33.0 Å². The van der Waals surface area contributed by atoms with Crippen LogP contribution < -0.4 is 0 Å². The Morgan fingerprint density at radius 2 is 1.36 bits per heavy atom. The minimum absolute atomic E-state index is 0.645. The molecule has 0 aliphatic heterocycles. The van der Waals surface area contributed by atoms with Gasteiger partial charge in [0.2, 0.25) is 0 Å². The highest BCUT2D eigenvalue weighted by molar-refractivity contribution is 4.64. The summed E-state index contributed by atoms with van der Waals surface area (Å²) in [6.07, 6.45) is 3.81. The van der Waals surface area contributed by atoms with Crippen molar-refractivity contribution in [2.24, 2.45) is 0 Å². The molecule has 0 fully saturated rings. The predicted molar refractivity (Wildman–Crippen MR) is 57.6 cm³/mol. The maximum atomic E-state index is 5.28. The molecule has 0 radical (unpaired) electrons. The van der Waals surface area contributed by atoms with Crippen molar-refractivity contribution < 1.29 is 14.2 Å². The van der Waals surface area contributed by atoms with Crippen molar-refractivity contribution in [3.63, 3.8) is 0 Å². The van der Waals surface area contributed by atoms with Crippen LogP contribution in [-0.4, -0.2) is 39.6 Å². The summed E-state index contributed by atoms with van der Waals surface area (Å²) in [5.74, 6) is 0. The maximum Gasteiger partial charge on any atom is 0.0701 e. The molecule has 0 aromatic heterocycles. The van der Waals surface area contributed by atoms with E-state index in [4.69, 9.17) is 14.2 Å². The van der Waals surface area contributed by atoms with Crippen LogP contribution in [0.5, 0.6) is 0 Å². The molecular weight excluding hydrogens is 180 g/mol. The molecule has 0 aromatic carbocycles. The van der Waals surface area contributed by atoms with E-state index in [9.17, 15) is 0 Å². The Morgan fingerprint density at radius 1 is 0.857 bits per heavy atom. The zero-order chi connectivity index (χ0) is 10.5. The first-order valence-corrected chi connectivity index (χ1v) is 5.26. The Hall–Kier alpha value is -0.380. The first-order chi connectivity index (χ1) is 6.91. The van der Waals surface area contributed by atoms with Crippen LogP contribution in [0.15, 0.2) is 12.7 Å². The molecular formula is C11H22O3. The van der Waals surface area contributed by atoms with E-state index in [0.29, 0.717) is 26.4 Å². The standard InChI is InChI=1S/C11H22O3/c1-3-5-7-13-9-11-14-10-8-12-6-4-2/h3H,1,4-11H2,2H3. The Labute approximate surface area is 87.0 Å². The lowest BCUT2D eigenvalue weighted by molar-refractivity contribution is 0.0155. The lowest BCUT2D eigenvalue weighted by Crippen LogP contribution is -2.09. The first-order valence-electron chi connectivity index (χ1n) is 5.26. The average Bonchev–Trinajstić information content (AvgIpc) is 2.21. The van der Waals surface area contributed by atoms with Gasteiger partial charge in [-0.1, -0.05) is 13.0 Å². The Balaban J connectivity index is 2.81. The first kappa shape index (κ1) is 13.6. The van der Waals surface area contributed by atoms with E-state index in [1.165, 1.54) is 0 Å². The van der Waals surface area contributed by atoms with Crippen molar-refractivity contribution >= 4 is 0 Å². The normalized spacial score (nSPS) is 10.4. The van der Waals surface area contributed by atoms with Crippen LogP contribution in [0.2, 0.25) is 0 Å². The van der Waals surface area contributed by atoms with E-state index in [1.807, 2.05) is 6.08 Å². The average molecular weight is 202 g/mol. The highest BCUT2D eigenvalue weighted by Crippen LogP contribution is 1.85. The third-order valence-electron chi connectivity index (χ3n) is 1.56. The molecule has 0 aliphatic rings. The Morgan fingerprint density at radius 3 is 1.86 bits per heavy atom. The van der Waals surface area contributed by atoms with Crippen LogP contribution in [0, 0.1) is 0 Å². The van der Waals surface area contributed by atoms with Crippen LogP contribution in [0.1, 0.15) is 19.8 Å². The van der Waals surface area contributed by atoms with E-state index in [-0.39, 0.29) is 0 Å². The molecule has 0 rings (SSSR count). The highest BCUT2D eigenvalue weighted by Gasteiger charge is 1.89. The minimum Gasteiger partial charge on any atom is -0.379 e. The molecule has 0 amide bonds. The smallest absolute Gasteiger partial charge is 0.0701 e. The molecule has 0 saturated heterocycles. The third-order valence-corrected chi connectivity index (χ3v) is 1.56. The van der Waals surface area contributed by atoms with Gasteiger partial charge in [0.15, 0.2) is 0 Å². The summed E-state index contributed by atoms with van der Waals surface area (Å²) in [6.45, 7) is 9.89. The maximum absolute atomic E-state index is 5.28. The molecule has 0 aliphatic carbocycles. The van der Waals surface area contributed by atoms with Crippen LogP contribution in [0.25, 0.3) is 0 Å². The van der Waals surface area contributed by atoms with Crippen molar-refractivity contribution in [1.29, 1.82) is 0 Å². The largest absolute Gasteiger partial charge is 0.379 e. The summed E-state index contributed by atoms with van der Waals surface area (Å²) in [6, 6.07) is 0. The van der Waals surface area contributed by atoms with Gasteiger partial charge in [0, 0.05) is 6.61 Å². The molecule has 0 heterocycles. The second-order valence-electron chi connectivity index (χ2n) is 2.91. The summed E-state index contributed by atoms with van der Waals surface area (Å²) in [5.41, 5.74) is 0. The van der Waals surface area contributed by atoms with Crippen molar-refractivity contribution in [2.75, 3.05) is 39.6 Å². The SMILES string of the molecule is C=CCCOCCOCCOCCC. The quantitative estimate of drug-likeness (QED) is 0.379. The number of hydrogen-bond acceptors (Lipinski definition) is 3. The lowest BCUT2D eigenvalue weighted by atomic mass is 10.5. The van der Waals surface area contributed by atoms with Gasteiger partial charge < -0.3 is 14.2 Å². The molecule has 0 atom stereocenters. The van der Waals surface area contributed by atoms with Crippen molar-refractivity contribution in [3.05, 3.63) is 12.7 Å². The number of rotatable bonds is 11. The van der Waals surface area contributed by atoms with Crippen LogP contribution in [0.3, 0.4) is 0 Å². The molecule has 0 spiro atoms. The van der Waals surface area contributed by atoms with Gasteiger partial charge >= 0.3 is 0 Å². The fourth-order valence-corrected chi connectivity index (χ4v) is 0.853. The summed E-state index contributed by atoms with van der Waals surface area (Å²) >= 11 is 0. The summed E-state index contributed by atoms with van der Waals surface area (Å²) in [5, 5.41) is 0. The molecule has 3 heteroatoms. The zero-order valence-electron chi connectivity index (χ0n) is 9.17. The van der Waals surface area contributed by atoms with E-state index < -0.39 is 0 Å². The predicted octanol–water partition coefficient (Wildman–Crippen LogP) is 2.02. The molecule has 0 unspecified atom stereocenters. The van der Waals surface area contributed by atoms with Gasteiger partial charge in [-0.05, 0) is 12.8 Å². The molecule has 0 aromatic rings. The topological polar surface area (TPSA) is 27.7 Å². The van der Waals surface area contributed by atoms with Crippen molar-refractivity contribution in [2.45, 2.75) is 19.8 Å². The molecule has 0 saturated carbocycles. The Bertz CT molecular complexity index is 115. The van der Waals surface area contributed by atoms with Gasteiger partial charge in [-0.3, -0.25) is 0 Å². The highest BCUT2D eigenvalue weighted by atomic mass is 16.5. The summed E-state index contributed by atoms with van der Waals surface area (Å²) in [7, 11) is 0. The molecule has 84 valence electrons. The summed E-state index contributed by atoms with van der Waals surface area (Å²) < 4.78 is 15.8. The number of hydrogen-bond donors (Lipinski definition) is 0. The zero-order valence-corrected chi connectivity index (χ0v) is 9.17. The van der Waals surface area contributed by atoms with Gasteiger partial charge in [0.25, 0.3) is 0 Å². The Kier molecular flexibility index (Phi) is 12.3. The monoisotopic (exact) mass is 202 g/mol. The van der Waals surface area contributed by atoms with E-state index in [0.717, 1.165) is 26.1 Å². The van der Waals surface area contributed by atoms with E-state index >= 15 is 0 Å². The van der Waals surface area contributed by atoms with E-state index in [1.54, 1.807) is 0 Å². The van der Waals surface area contributed by atoms with Gasteiger partial charge in [-0.2, -0.15) is 0 Å². The fourth-order valence-electron chi connectivity index (χ4n) is 0.853. The van der Waals surface area contributed by atoms with Crippen LogP contribution in [0.4, 0.5) is 0 Å². The third kappa shape index (κ3) is 11.6. The van der Waals surface area contributed by atoms with Crippen molar-refractivity contribution in [1.82, 2.24) is 0 Å². The van der Waals surface area contributed by atoms with Gasteiger partial charge in [0.1, 0.15) is 0 Å². The second-order valence-corrected chi connectivity index (χ2v) is 2.91. The lowest BCUT2D eigenvalue weighted by Gasteiger charge is -2.05. The fraction of sp³-hybridized carbons (Fsp3) is 0.818. The molecule has 0 bridgehead atoms. The van der Waals surface area contributed by atoms with E-state index in [2.05, 4.69) is 13.5 Å². The minimum atomic E-state index is 0.645. The molecule has 3 nitrogen and oxygen atoms in total. The number of ether oxygens (including phenoxy) is 3. The van der Waals surface area contributed by atoms with Gasteiger partial charge in [-0.25, -0.2) is 0 Å². The summed E-state index contributed by atoms with van der Waals surface area (Å²) in [4.78, 5) is 0. The van der Waals surface area contributed by atoms with Crippen LogP contribution >= 0.6 is 0 Å². The van der Waals surface area contributed by atoms with Crippen molar-refractivity contribution in [3.8, 4) is 0 Å². The molecule has 14 heavy (non-hydrogen) atoms.